The molecule has 20 heavy (non-hydrogen) atoms. The second kappa shape index (κ2) is 6.87. The molecule has 0 radical (unpaired) electrons. The Labute approximate surface area is 125 Å². The molecule has 0 unspecified atom stereocenters. The highest BCUT2D eigenvalue weighted by atomic mass is 32.2. The molecule has 2 aliphatic rings. The first-order valence-corrected chi connectivity index (χ1v) is 8.69. The largest absolute Gasteiger partial charge is 0.373 e. The minimum absolute atomic E-state index is 0.341. The van der Waals surface area contributed by atoms with Crippen molar-refractivity contribution in [1.82, 2.24) is 14.9 Å². The number of aryl methyl sites for hydroxylation is 1. The van der Waals surface area contributed by atoms with Crippen LogP contribution in [-0.4, -0.2) is 58.2 Å². The quantitative estimate of drug-likeness (QED) is 0.848. The second-order valence-electron chi connectivity index (χ2n) is 5.67. The van der Waals surface area contributed by atoms with Gasteiger partial charge in [0.25, 0.3) is 0 Å². The average molecular weight is 293 g/mol. The van der Waals surface area contributed by atoms with Gasteiger partial charge in [0.05, 0.1) is 12.2 Å². The summed E-state index contributed by atoms with van der Waals surface area (Å²) in [5.74, 6) is 3.40. The van der Waals surface area contributed by atoms with Gasteiger partial charge in [-0.25, -0.2) is 9.97 Å². The lowest BCUT2D eigenvalue weighted by atomic mass is 10.1. The van der Waals surface area contributed by atoms with E-state index in [4.69, 9.17) is 4.74 Å². The zero-order valence-corrected chi connectivity index (χ0v) is 12.9. The summed E-state index contributed by atoms with van der Waals surface area (Å²) in [4.78, 5) is 11.2. The van der Waals surface area contributed by atoms with Crippen molar-refractivity contribution >= 4 is 11.8 Å². The maximum absolute atomic E-state index is 6.20. The van der Waals surface area contributed by atoms with Crippen LogP contribution in [0.3, 0.4) is 0 Å². The van der Waals surface area contributed by atoms with E-state index < -0.39 is 0 Å². The lowest BCUT2D eigenvalue weighted by Crippen LogP contribution is -2.38. The molecule has 0 amide bonds. The van der Waals surface area contributed by atoms with Gasteiger partial charge >= 0.3 is 0 Å². The zero-order valence-electron chi connectivity index (χ0n) is 12.1. The number of hydrogen-bond donors (Lipinski definition) is 0. The van der Waals surface area contributed by atoms with Crippen LogP contribution < -0.4 is 0 Å². The number of ether oxygens (including phenoxy) is 1. The Kier molecular flexibility index (Phi) is 4.91. The van der Waals surface area contributed by atoms with Gasteiger partial charge in [-0.05, 0) is 25.8 Å². The summed E-state index contributed by atoms with van der Waals surface area (Å²) in [5, 5.41) is 0. The van der Waals surface area contributed by atoms with Gasteiger partial charge in [-0.15, -0.1) is 0 Å². The Balaban J connectivity index is 1.47. The molecule has 0 aromatic carbocycles. The number of thioether (sulfide) groups is 1. The molecule has 0 spiro atoms. The predicted molar refractivity (Wildman–Crippen MR) is 82.1 cm³/mol. The first-order valence-electron chi connectivity index (χ1n) is 7.54. The third-order valence-electron chi connectivity index (χ3n) is 4.03. The van der Waals surface area contributed by atoms with Gasteiger partial charge in [-0.2, -0.15) is 11.8 Å². The van der Waals surface area contributed by atoms with E-state index in [1.807, 2.05) is 19.2 Å². The molecule has 0 bridgehead atoms. The van der Waals surface area contributed by atoms with E-state index in [1.54, 1.807) is 0 Å². The molecule has 2 fully saturated rings. The third-order valence-corrected chi connectivity index (χ3v) is 4.97. The van der Waals surface area contributed by atoms with Crippen molar-refractivity contribution in [2.24, 2.45) is 0 Å². The molecule has 110 valence electrons. The summed E-state index contributed by atoms with van der Waals surface area (Å²) in [5.41, 5.74) is 1.11. The molecule has 0 saturated carbocycles. The predicted octanol–water partition coefficient (Wildman–Crippen LogP) is 1.92. The molecule has 2 saturated heterocycles. The van der Waals surface area contributed by atoms with Crippen molar-refractivity contribution in [3.63, 3.8) is 0 Å². The number of hydrogen-bond acceptors (Lipinski definition) is 5. The molecule has 3 rings (SSSR count). The Bertz CT molecular complexity index is 437. The standard InChI is InChI=1S/C15H23N3OS/c1-12-16-5-4-13(17-12)10-14-2-3-15(19-14)11-18-6-8-20-9-7-18/h4-5,14-15H,2-3,6-11H2,1H3/t14-,15+/m0/s1. The van der Waals surface area contributed by atoms with E-state index in [-0.39, 0.29) is 0 Å². The Morgan fingerprint density at radius 2 is 2.10 bits per heavy atom. The molecule has 1 aromatic heterocycles. The van der Waals surface area contributed by atoms with Crippen molar-refractivity contribution < 1.29 is 4.74 Å². The van der Waals surface area contributed by atoms with E-state index in [0.29, 0.717) is 12.2 Å². The van der Waals surface area contributed by atoms with Gasteiger partial charge in [0, 0.05) is 49.5 Å². The molecule has 2 aliphatic heterocycles. The van der Waals surface area contributed by atoms with Crippen LogP contribution in [0, 0.1) is 6.92 Å². The van der Waals surface area contributed by atoms with Crippen molar-refractivity contribution in [3.8, 4) is 0 Å². The Morgan fingerprint density at radius 1 is 1.30 bits per heavy atom. The SMILES string of the molecule is Cc1nccc(C[C@@H]2CC[C@H](CN3CCSCC3)O2)n1. The van der Waals surface area contributed by atoms with E-state index in [0.717, 1.165) is 30.9 Å². The van der Waals surface area contributed by atoms with Crippen LogP contribution in [-0.2, 0) is 11.2 Å². The molecule has 0 aliphatic carbocycles. The van der Waals surface area contributed by atoms with Crippen LogP contribution in [0.2, 0.25) is 0 Å². The van der Waals surface area contributed by atoms with E-state index in [9.17, 15) is 0 Å². The van der Waals surface area contributed by atoms with Gasteiger partial charge in [0.2, 0.25) is 0 Å². The minimum atomic E-state index is 0.341. The topological polar surface area (TPSA) is 38.2 Å². The first-order chi connectivity index (χ1) is 9.79. The molecule has 1 aromatic rings. The molecule has 5 heteroatoms. The van der Waals surface area contributed by atoms with Crippen molar-refractivity contribution in [2.45, 2.75) is 38.4 Å². The van der Waals surface area contributed by atoms with Crippen LogP contribution in [0.15, 0.2) is 12.3 Å². The van der Waals surface area contributed by atoms with Gasteiger partial charge in [-0.3, -0.25) is 4.90 Å². The van der Waals surface area contributed by atoms with Crippen LogP contribution in [0.1, 0.15) is 24.4 Å². The van der Waals surface area contributed by atoms with Crippen molar-refractivity contribution in [1.29, 1.82) is 0 Å². The molecule has 2 atom stereocenters. The maximum atomic E-state index is 6.20. The molecule has 3 heterocycles. The zero-order chi connectivity index (χ0) is 13.8. The number of rotatable bonds is 4. The summed E-state index contributed by atoms with van der Waals surface area (Å²) in [6, 6.07) is 2.01. The molecule has 4 nitrogen and oxygen atoms in total. The van der Waals surface area contributed by atoms with Gasteiger partial charge in [0.1, 0.15) is 5.82 Å². The maximum Gasteiger partial charge on any atom is 0.125 e. The van der Waals surface area contributed by atoms with Gasteiger partial charge in [-0.1, -0.05) is 0 Å². The fourth-order valence-corrected chi connectivity index (χ4v) is 3.97. The molecular formula is C15H23N3OS. The third kappa shape index (κ3) is 3.93. The van der Waals surface area contributed by atoms with E-state index >= 15 is 0 Å². The highest BCUT2D eigenvalue weighted by molar-refractivity contribution is 7.99. The number of nitrogens with zero attached hydrogens (tertiary/aromatic N) is 3. The van der Waals surface area contributed by atoms with Crippen LogP contribution >= 0.6 is 11.8 Å². The average Bonchev–Trinajstić information content (AvgIpc) is 2.87. The molecule has 0 N–H and O–H groups in total. The summed E-state index contributed by atoms with van der Waals surface area (Å²) in [7, 11) is 0. The van der Waals surface area contributed by atoms with E-state index in [2.05, 4.69) is 26.6 Å². The summed E-state index contributed by atoms with van der Waals surface area (Å²) in [6.45, 7) is 5.50. The monoisotopic (exact) mass is 293 g/mol. The normalized spacial score (nSPS) is 27.9. The summed E-state index contributed by atoms with van der Waals surface area (Å²) >= 11 is 2.06. The fraction of sp³-hybridized carbons (Fsp3) is 0.733. The second-order valence-corrected chi connectivity index (χ2v) is 6.89. The van der Waals surface area contributed by atoms with Gasteiger partial charge in [0.15, 0.2) is 0 Å². The van der Waals surface area contributed by atoms with E-state index in [1.165, 1.54) is 31.0 Å². The van der Waals surface area contributed by atoms with Gasteiger partial charge < -0.3 is 4.74 Å². The lowest BCUT2D eigenvalue weighted by Gasteiger charge is -2.28. The fourth-order valence-electron chi connectivity index (χ4n) is 2.99. The van der Waals surface area contributed by atoms with Crippen LogP contribution in [0.25, 0.3) is 0 Å². The highest BCUT2D eigenvalue weighted by Gasteiger charge is 2.27. The Morgan fingerprint density at radius 3 is 2.90 bits per heavy atom. The minimum Gasteiger partial charge on any atom is -0.373 e. The summed E-state index contributed by atoms with van der Waals surface area (Å²) < 4.78 is 6.20. The molecular weight excluding hydrogens is 270 g/mol. The van der Waals surface area contributed by atoms with Crippen LogP contribution in [0.5, 0.6) is 0 Å². The summed E-state index contributed by atoms with van der Waals surface area (Å²) in [6.07, 6.45) is 5.89. The first kappa shape index (κ1) is 14.3. The highest BCUT2D eigenvalue weighted by Crippen LogP contribution is 2.24. The lowest BCUT2D eigenvalue weighted by molar-refractivity contribution is 0.0247. The number of aromatic nitrogens is 2. The van der Waals surface area contributed by atoms with Crippen molar-refractivity contribution in [3.05, 3.63) is 23.8 Å². The Hall–Kier alpha value is -0.650. The smallest absolute Gasteiger partial charge is 0.125 e. The van der Waals surface area contributed by atoms with Crippen LogP contribution in [0.4, 0.5) is 0 Å². The van der Waals surface area contributed by atoms with Crippen molar-refractivity contribution in [2.75, 3.05) is 31.1 Å².